The first kappa shape index (κ1) is 16.8. The lowest BCUT2D eigenvalue weighted by Gasteiger charge is -2.24. The van der Waals surface area contributed by atoms with Gasteiger partial charge in [0, 0.05) is 6.20 Å². The van der Waals surface area contributed by atoms with E-state index in [-0.39, 0.29) is 22.0 Å². The second-order valence-electron chi connectivity index (χ2n) is 4.39. The highest BCUT2D eigenvalue weighted by molar-refractivity contribution is 6.33. The molecular weight excluding hydrogens is 325 g/mol. The summed E-state index contributed by atoms with van der Waals surface area (Å²) in [4.78, 5) is 25.3. The smallest absolute Gasteiger partial charge is 0.355 e. The average Bonchev–Trinajstić information content (AvgIpc) is 2.76. The molecular formula is C16H13ClFNO4. The van der Waals surface area contributed by atoms with Gasteiger partial charge in [0.25, 0.3) is 0 Å². The summed E-state index contributed by atoms with van der Waals surface area (Å²) < 4.78 is 23.6. The van der Waals surface area contributed by atoms with Gasteiger partial charge in [-0.25, -0.2) is 14.0 Å². The van der Waals surface area contributed by atoms with Crippen LogP contribution in [0.2, 0.25) is 5.02 Å². The molecule has 0 aliphatic carbocycles. The molecule has 0 aromatic heterocycles. The second kappa shape index (κ2) is 7.11. The standard InChI is InChI=1S/C16H13ClFNO4/c1-22-15(20)10-6-3-4-9-19(13(10)16(21)23-2)14-11(17)7-5-8-12(14)18/h3-9H,1-2H3. The van der Waals surface area contributed by atoms with E-state index in [1.165, 1.54) is 49.7 Å². The van der Waals surface area contributed by atoms with Gasteiger partial charge in [-0.15, -0.1) is 0 Å². The van der Waals surface area contributed by atoms with Gasteiger partial charge in [0.15, 0.2) is 0 Å². The lowest BCUT2D eigenvalue weighted by molar-refractivity contribution is -0.139. The molecule has 120 valence electrons. The van der Waals surface area contributed by atoms with Crippen LogP contribution in [0.5, 0.6) is 0 Å². The van der Waals surface area contributed by atoms with E-state index in [0.717, 1.165) is 12.0 Å². The molecule has 0 saturated carbocycles. The molecule has 0 fully saturated rings. The van der Waals surface area contributed by atoms with Crippen molar-refractivity contribution in [2.45, 2.75) is 0 Å². The summed E-state index contributed by atoms with van der Waals surface area (Å²) in [6.07, 6.45) is 5.83. The molecule has 7 heteroatoms. The van der Waals surface area contributed by atoms with Crippen LogP contribution in [0.4, 0.5) is 10.1 Å². The predicted molar refractivity (Wildman–Crippen MR) is 83.2 cm³/mol. The normalized spacial score (nSPS) is 13.8. The van der Waals surface area contributed by atoms with Crippen LogP contribution in [-0.2, 0) is 19.1 Å². The number of allylic oxidation sites excluding steroid dienone is 2. The monoisotopic (exact) mass is 337 g/mol. The van der Waals surface area contributed by atoms with Gasteiger partial charge in [-0.1, -0.05) is 23.7 Å². The van der Waals surface area contributed by atoms with Crippen LogP contribution < -0.4 is 4.90 Å². The van der Waals surface area contributed by atoms with Gasteiger partial charge in [-0.3, -0.25) is 0 Å². The second-order valence-corrected chi connectivity index (χ2v) is 4.79. The average molecular weight is 338 g/mol. The number of anilines is 1. The van der Waals surface area contributed by atoms with Gasteiger partial charge in [-0.05, 0) is 24.3 Å². The fourth-order valence-corrected chi connectivity index (χ4v) is 2.31. The fraction of sp³-hybridized carbons (Fsp3) is 0.125. The van der Waals surface area contributed by atoms with Crippen molar-refractivity contribution in [3.63, 3.8) is 0 Å². The zero-order chi connectivity index (χ0) is 17.0. The number of halogens is 2. The first-order valence-corrected chi connectivity index (χ1v) is 6.88. The van der Waals surface area contributed by atoms with Crippen LogP contribution in [0, 0.1) is 5.82 Å². The van der Waals surface area contributed by atoms with Gasteiger partial charge in [0.05, 0.1) is 24.8 Å². The highest BCUT2D eigenvalue weighted by Crippen LogP contribution is 2.34. The number of nitrogens with zero attached hydrogens (tertiary/aromatic N) is 1. The fourth-order valence-electron chi connectivity index (χ4n) is 2.06. The maximum atomic E-state index is 14.2. The van der Waals surface area contributed by atoms with E-state index in [4.69, 9.17) is 16.3 Å². The minimum atomic E-state index is -0.832. The molecule has 0 spiro atoms. The minimum absolute atomic E-state index is 0.0715. The number of carbonyl (C=O) groups is 2. The first-order valence-electron chi connectivity index (χ1n) is 6.50. The van der Waals surface area contributed by atoms with Crippen LogP contribution in [0.1, 0.15) is 0 Å². The van der Waals surface area contributed by atoms with Gasteiger partial charge >= 0.3 is 11.9 Å². The quantitative estimate of drug-likeness (QED) is 0.794. The van der Waals surface area contributed by atoms with E-state index in [1.807, 2.05) is 0 Å². The third-order valence-corrected chi connectivity index (χ3v) is 3.37. The third-order valence-electron chi connectivity index (χ3n) is 3.07. The van der Waals surface area contributed by atoms with E-state index in [2.05, 4.69) is 4.74 Å². The molecule has 1 aromatic carbocycles. The molecule has 0 N–H and O–H groups in total. The van der Waals surface area contributed by atoms with Crippen LogP contribution in [0.3, 0.4) is 0 Å². The molecule has 23 heavy (non-hydrogen) atoms. The van der Waals surface area contributed by atoms with Gasteiger partial charge in [0.2, 0.25) is 0 Å². The largest absolute Gasteiger partial charge is 0.465 e. The highest BCUT2D eigenvalue weighted by atomic mass is 35.5. The number of carbonyl (C=O) groups excluding carboxylic acids is 2. The Morgan fingerprint density at radius 2 is 1.83 bits per heavy atom. The van der Waals surface area contributed by atoms with E-state index >= 15 is 0 Å². The summed E-state index contributed by atoms with van der Waals surface area (Å²) in [7, 11) is 2.33. The molecule has 0 saturated heterocycles. The lowest BCUT2D eigenvalue weighted by atomic mass is 10.1. The molecule has 1 aliphatic heterocycles. The van der Waals surface area contributed by atoms with Crippen molar-refractivity contribution in [3.8, 4) is 0 Å². The summed E-state index contributed by atoms with van der Waals surface area (Å²) in [5, 5.41) is 0.0715. The van der Waals surface area contributed by atoms with Crippen LogP contribution in [0.15, 0.2) is 53.9 Å². The molecule has 5 nitrogen and oxygen atoms in total. The molecule has 1 aliphatic rings. The Morgan fingerprint density at radius 3 is 2.43 bits per heavy atom. The van der Waals surface area contributed by atoms with Crippen LogP contribution in [0.25, 0.3) is 0 Å². The van der Waals surface area contributed by atoms with Crippen molar-refractivity contribution in [3.05, 3.63) is 64.7 Å². The molecule has 0 radical (unpaired) electrons. The van der Waals surface area contributed by atoms with Crippen LogP contribution >= 0.6 is 11.6 Å². The number of benzene rings is 1. The summed E-state index contributed by atoms with van der Waals surface area (Å²) >= 11 is 6.06. The zero-order valence-corrected chi connectivity index (χ0v) is 13.1. The zero-order valence-electron chi connectivity index (χ0n) is 12.4. The molecule has 1 aromatic rings. The Morgan fingerprint density at radius 1 is 1.13 bits per heavy atom. The number of rotatable bonds is 3. The maximum Gasteiger partial charge on any atom is 0.355 e. The van der Waals surface area contributed by atoms with Crippen molar-refractivity contribution in [2.75, 3.05) is 19.1 Å². The Balaban J connectivity index is 2.74. The van der Waals surface area contributed by atoms with E-state index < -0.39 is 17.8 Å². The predicted octanol–water partition coefficient (Wildman–Crippen LogP) is 2.97. The number of ether oxygens (including phenoxy) is 2. The van der Waals surface area contributed by atoms with Gasteiger partial charge in [-0.2, -0.15) is 0 Å². The Kier molecular flexibility index (Phi) is 5.18. The number of para-hydroxylation sites is 1. The Bertz CT molecular complexity index is 719. The lowest BCUT2D eigenvalue weighted by Crippen LogP contribution is -2.27. The molecule has 2 rings (SSSR count). The number of hydrogen-bond donors (Lipinski definition) is 0. The van der Waals surface area contributed by atoms with Crippen molar-refractivity contribution < 1.29 is 23.5 Å². The first-order chi connectivity index (χ1) is 11.0. The summed E-state index contributed by atoms with van der Waals surface area (Å²) in [6.45, 7) is 0. The summed E-state index contributed by atoms with van der Waals surface area (Å²) in [6, 6.07) is 4.10. The molecule has 0 amide bonds. The van der Waals surface area contributed by atoms with Crippen molar-refractivity contribution in [1.82, 2.24) is 0 Å². The maximum absolute atomic E-state index is 14.2. The molecule has 1 heterocycles. The third kappa shape index (κ3) is 3.27. The highest BCUT2D eigenvalue weighted by Gasteiger charge is 2.29. The van der Waals surface area contributed by atoms with E-state index in [9.17, 15) is 14.0 Å². The number of esters is 2. The number of methoxy groups -OCH3 is 2. The molecule has 0 bridgehead atoms. The van der Waals surface area contributed by atoms with E-state index in [0.29, 0.717) is 0 Å². The topological polar surface area (TPSA) is 55.8 Å². The summed E-state index contributed by atoms with van der Waals surface area (Å²) in [5.74, 6) is -2.25. The van der Waals surface area contributed by atoms with Crippen molar-refractivity contribution in [1.29, 1.82) is 0 Å². The van der Waals surface area contributed by atoms with Crippen molar-refractivity contribution in [2.24, 2.45) is 0 Å². The SMILES string of the molecule is COC(=O)C1=C(C(=O)OC)N(c2c(F)cccc2Cl)C=CC=C1. The Hall–Kier alpha value is -2.60. The molecule has 0 atom stereocenters. The number of hydrogen-bond acceptors (Lipinski definition) is 5. The molecule has 0 unspecified atom stereocenters. The van der Waals surface area contributed by atoms with Crippen molar-refractivity contribution >= 4 is 29.2 Å². The van der Waals surface area contributed by atoms with Crippen LogP contribution in [-0.4, -0.2) is 26.2 Å². The summed E-state index contributed by atoms with van der Waals surface area (Å²) in [5.41, 5.74) is -0.351. The van der Waals surface area contributed by atoms with Gasteiger partial charge in [0.1, 0.15) is 17.2 Å². The van der Waals surface area contributed by atoms with Gasteiger partial charge < -0.3 is 14.4 Å². The Labute approximate surface area is 137 Å². The minimum Gasteiger partial charge on any atom is -0.465 e. The van der Waals surface area contributed by atoms with E-state index in [1.54, 1.807) is 0 Å².